The first kappa shape index (κ1) is 35.0. The molecule has 1 spiro atoms. The summed E-state index contributed by atoms with van der Waals surface area (Å²) in [4.78, 5) is 16.0. The summed E-state index contributed by atoms with van der Waals surface area (Å²) in [5.41, 5.74) is 17.3. The summed E-state index contributed by atoms with van der Waals surface area (Å²) in [5, 5.41) is 2.54. The van der Waals surface area contributed by atoms with Crippen LogP contribution in [0.3, 0.4) is 0 Å². The average Bonchev–Trinajstić information content (AvgIpc) is 3.99. The van der Waals surface area contributed by atoms with Crippen LogP contribution in [0.2, 0.25) is 0 Å². The molecule has 0 radical (unpaired) electrons. The zero-order valence-electron chi connectivity index (χ0n) is 33.5. The molecule has 2 aromatic heterocycles. The minimum Gasteiger partial charge on any atom is -0.208 e. The van der Waals surface area contributed by atoms with Crippen LogP contribution < -0.4 is 0 Å². The van der Waals surface area contributed by atoms with Gasteiger partial charge in [0, 0.05) is 42.4 Å². The Morgan fingerprint density at radius 3 is 1.40 bits per heavy atom. The van der Waals surface area contributed by atoms with Gasteiger partial charge in [0.15, 0.2) is 17.5 Å². The number of hydrogen-bond acceptors (Lipinski definition) is 4. The Bertz CT molecular complexity index is 3560. The molecule has 2 heterocycles. The zero-order valence-corrected chi connectivity index (χ0v) is 34.3. The maximum atomic E-state index is 5.44. The van der Waals surface area contributed by atoms with Crippen molar-refractivity contribution in [3.8, 4) is 78.7 Å². The predicted molar refractivity (Wildman–Crippen MR) is 256 cm³/mol. The van der Waals surface area contributed by atoms with Crippen LogP contribution in [0.15, 0.2) is 212 Å². The van der Waals surface area contributed by atoms with Gasteiger partial charge in [0.05, 0.1) is 5.41 Å². The van der Waals surface area contributed by atoms with E-state index >= 15 is 0 Å². The summed E-state index contributed by atoms with van der Waals surface area (Å²) in [6.07, 6.45) is 0. The van der Waals surface area contributed by atoms with Crippen LogP contribution in [0.25, 0.3) is 98.8 Å². The van der Waals surface area contributed by atoms with Gasteiger partial charge in [-0.3, -0.25) is 0 Å². The number of fused-ring (bicyclic) bond motifs is 13. The van der Waals surface area contributed by atoms with E-state index in [1.807, 2.05) is 29.5 Å². The van der Waals surface area contributed by atoms with E-state index in [2.05, 4.69) is 194 Å². The molecule has 0 atom stereocenters. The molecule has 62 heavy (non-hydrogen) atoms. The Hall–Kier alpha value is -7.79. The molecule has 0 N–H and O–H groups in total. The highest BCUT2D eigenvalue weighted by Gasteiger charge is 2.52. The van der Waals surface area contributed by atoms with Crippen molar-refractivity contribution >= 4 is 31.5 Å². The second-order valence-corrected chi connectivity index (χ2v) is 17.2. The molecule has 0 saturated carbocycles. The lowest BCUT2D eigenvalue weighted by atomic mass is 9.70. The minimum atomic E-state index is -0.439. The van der Waals surface area contributed by atoms with E-state index in [9.17, 15) is 0 Å². The second kappa shape index (κ2) is 13.6. The highest BCUT2D eigenvalue weighted by Crippen LogP contribution is 2.64. The summed E-state index contributed by atoms with van der Waals surface area (Å²) < 4.78 is 2.53. The smallest absolute Gasteiger partial charge is 0.164 e. The van der Waals surface area contributed by atoms with Gasteiger partial charge in [0.1, 0.15) is 0 Å². The monoisotopic (exact) mass is 805 g/mol. The number of thiophene rings is 1. The molecule has 4 heteroatoms. The Labute approximate surface area is 363 Å². The van der Waals surface area contributed by atoms with Gasteiger partial charge in [-0.25, -0.2) is 15.0 Å². The maximum absolute atomic E-state index is 5.44. The number of nitrogens with zero attached hydrogens (tertiary/aromatic N) is 3. The largest absolute Gasteiger partial charge is 0.208 e. The van der Waals surface area contributed by atoms with Gasteiger partial charge >= 0.3 is 0 Å². The third-order valence-electron chi connectivity index (χ3n) is 13.0. The molecule has 0 saturated heterocycles. The summed E-state index contributed by atoms with van der Waals surface area (Å²) in [6, 6.07) is 76.6. The maximum Gasteiger partial charge on any atom is 0.164 e. The molecule has 11 aromatic rings. The minimum absolute atomic E-state index is 0.439. The first-order chi connectivity index (χ1) is 30.8. The third-order valence-corrected chi connectivity index (χ3v) is 14.2. The predicted octanol–water partition coefficient (Wildman–Crippen LogP) is 14.9. The molecule has 2 aliphatic carbocycles. The molecule has 0 amide bonds. The van der Waals surface area contributed by atoms with Crippen molar-refractivity contribution < 1.29 is 0 Å². The summed E-state index contributed by atoms with van der Waals surface area (Å²) >= 11 is 1.84. The Balaban J connectivity index is 1.04. The van der Waals surface area contributed by atoms with E-state index < -0.39 is 5.41 Å². The molecular formula is C58H35N3S. The van der Waals surface area contributed by atoms with E-state index in [1.54, 1.807) is 0 Å². The average molecular weight is 806 g/mol. The fraction of sp³-hybridized carbons (Fsp3) is 0.0172. The number of rotatable bonds is 5. The van der Waals surface area contributed by atoms with Gasteiger partial charge in [0.2, 0.25) is 0 Å². The standard InChI is InChI=1S/C58H35N3S/c1-2-18-36(19-3-1)55-59-56(61-57(60-55)46-26-7-5-21-38(46)43-29-16-30-44-41-24-11-15-35-52(41)62-54(43)44)45-25-6-4-20-37(45)42-28-17-34-51-53(42)47-27-10-14-33-50(47)58(51)48-31-12-8-22-39(48)40-23-9-13-32-49(40)58/h1-35H. The Morgan fingerprint density at radius 1 is 0.290 bits per heavy atom. The summed E-state index contributed by atoms with van der Waals surface area (Å²) in [7, 11) is 0. The molecule has 288 valence electrons. The molecule has 13 rings (SSSR count). The van der Waals surface area contributed by atoms with Crippen LogP contribution in [0.1, 0.15) is 22.3 Å². The van der Waals surface area contributed by atoms with Crippen molar-refractivity contribution in [1.29, 1.82) is 0 Å². The Morgan fingerprint density at radius 2 is 0.726 bits per heavy atom. The summed E-state index contributed by atoms with van der Waals surface area (Å²) in [6.45, 7) is 0. The van der Waals surface area contributed by atoms with Crippen LogP contribution in [-0.4, -0.2) is 15.0 Å². The quantitative estimate of drug-likeness (QED) is 0.174. The fourth-order valence-electron chi connectivity index (χ4n) is 10.5. The van der Waals surface area contributed by atoms with Crippen LogP contribution in [0.5, 0.6) is 0 Å². The normalized spacial score (nSPS) is 13.0. The van der Waals surface area contributed by atoms with E-state index in [0.717, 1.165) is 33.4 Å². The SMILES string of the molecule is c1ccc(-c2nc(-c3ccccc3-c3cccc4c3-c3ccccc3C43c4ccccc4-c4ccccc43)nc(-c3ccccc3-c3cccc4c3sc3ccccc34)n2)cc1. The van der Waals surface area contributed by atoms with Crippen LogP contribution in [0.4, 0.5) is 0 Å². The molecule has 2 aliphatic rings. The van der Waals surface area contributed by atoms with Crippen molar-refractivity contribution in [2.75, 3.05) is 0 Å². The second-order valence-electron chi connectivity index (χ2n) is 16.2. The Kier molecular flexibility index (Phi) is 7.69. The fourth-order valence-corrected chi connectivity index (χ4v) is 11.7. The molecule has 0 aliphatic heterocycles. The van der Waals surface area contributed by atoms with Crippen molar-refractivity contribution in [3.05, 3.63) is 235 Å². The molecule has 3 nitrogen and oxygen atoms in total. The molecule has 0 fully saturated rings. The van der Waals surface area contributed by atoms with Crippen molar-refractivity contribution in [1.82, 2.24) is 15.0 Å². The van der Waals surface area contributed by atoms with Crippen LogP contribution in [0, 0.1) is 0 Å². The molecular weight excluding hydrogens is 771 g/mol. The number of aromatic nitrogens is 3. The van der Waals surface area contributed by atoms with Crippen LogP contribution >= 0.6 is 11.3 Å². The first-order valence-corrected chi connectivity index (χ1v) is 21.9. The lowest BCUT2D eigenvalue weighted by molar-refractivity contribution is 0.794. The number of benzene rings is 9. The van der Waals surface area contributed by atoms with Crippen molar-refractivity contribution in [2.45, 2.75) is 5.41 Å². The summed E-state index contributed by atoms with van der Waals surface area (Å²) in [5.74, 6) is 1.91. The van der Waals surface area contributed by atoms with Crippen molar-refractivity contribution in [2.24, 2.45) is 0 Å². The van der Waals surface area contributed by atoms with Crippen LogP contribution in [-0.2, 0) is 5.41 Å². The van der Waals surface area contributed by atoms with Gasteiger partial charge in [-0.1, -0.05) is 206 Å². The lowest BCUT2D eigenvalue weighted by Gasteiger charge is -2.30. The van der Waals surface area contributed by atoms with E-state index in [-0.39, 0.29) is 0 Å². The lowest BCUT2D eigenvalue weighted by Crippen LogP contribution is -2.25. The number of hydrogen-bond donors (Lipinski definition) is 0. The molecule has 9 aromatic carbocycles. The van der Waals surface area contributed by atoms with Gasteiger partial charge in [0.25, 0.3) is 0 Å². The third kappa shape index (κ3) is 4.96. The van der Waals surface area contributed by atoms with E-state index in [1.165, 1.54) is 70.2 Å². The first-order valence-electron chi connectivity index (χ1n) is 21.1. The molecule has 0 unspecified atom stereocenters. The van der Waals surface area contributed by atoms with E-state index in [4.69, 9.17) is 15.0 Å². The topological polar surface area (TPSA) is 38.7 Å². The molecule has 0 bridgehead atoms. The highest BCUT2D eigenvalue weighted by atomic mass is 32.1. The van der Waals surface area contributed by atoms with Gasteiger partial charge in [-0.15, -0.1) is 11.3 Å². The van der Waals surface area contributed by atoms with E-state index in [0.29, 0.717) is 17.5 Å². The van der Waals surface area contributed by atoms with Gasteiger partial charge in [-0.2, -0.15) is 0 Å². The zero-order chi connectivity index (χ0) is 40.8. The van der Waals surface area contributed by atoms with Gasteiger partial charge < -0.3 is 0 Å². The van der Waals surface area contributed by atoms with Crippen molar-refractivity contribution in [3.63, 3.8) is 0 Å². The highest BCUT2D eigenvalue weighted by molar-refractivity contribution is 7.26. The van der Waals surface area contributed by atoms with Gasteiger partial charge in [-0.05, 0) is 67.3 Å².